The fraction of sp³-hybridized carbons (Fsp3) is 0.273. The highest BCUT2D eigenvalue weighted by atomic mass is 31.2. The van der Waals surface area contributed by atoms with Gasteiger partial charge in [-0.25, -0.2) is 15.0 Å². The van der Waals surface area contributed by atoms with Gasteiger partial charge in [0.1, 0.15) is 35.8 Å². The number of ether oxygens (including phenoxy) is 4. The molecule has 306 valence electrons. The molecule has 3 heterocycles. The number of methoxy groups -OCH3 is 2. The van der Waals surface area contributed by atoms with Crippen LogP contribution in [0.5, 0.6) is 11.5 Å². The summed E-state index contributed by atoms with van der Waals surface area (Å²) in [5.74, 6) is 1.27. The molecule has 2 aromatic heterocycles. The Morgan fingerprint density at radius 1 is 0.817 bits per heavy atom. The normalized spacial score (nSPS) is 16.3. The van der Waals surface area contributed by atoms with E-state index in [-0.39, 0.29) is 50.8 Å². The standard InChI is InChI=1S/C44H42N7O8P/c1-53-35-19-15-33(16-20-35)44(32-13-7-4-8-14-32,34-17-21-36(54-2)22-18-34)55-28-38-37(59-60(56-25-9-23-45)57-26-10-24-46)27-39(58-38)51-30-49-40-41(47-29-48-42(40)51)50-43(52)31-11-5-3-6-12-31/h3-8,11-22,29-30,37-39H,9-10,25-28H2,1-2H3,(H,47,48,50,52)/t37-,38+,39+/m0/s1. The molecule has 0 saturated carbocycles. The molecule has 0 spiro atoms. The number of carbonyl (C=O) groups excluding carboxylic acids is 1. The molecule has 1 N–H and O–H groups in total. The number of hydrogen-bond donors (Lipinski definition) is 1. The number of nitrogens with one attached hydrogen (secondary N) is 1. The first-order valence-electron chi connectivity index (χ1n) is 19.1. The van der Waals surface area contributed by atoms with Crippen molar-refractivity contribution in [2.24, 2.45) is 0 Å². The molecule has 1 saturated heterocycles. The van der Waals surface area contributed by atoms with E-state index in [1.165, 1.54) is 6.33 Å². The third kappa shape index (κ3) is 9.44. The number of imidazole rings is 1. The van der Waals surface area contributed by atoms with Gasteiger partial charge in [0.25, 0.3) is 5.91 Å². The fourth-order valence-corrected chi connectivity index (χ4v) is 8.00. The van der Waals surface area contributed by atoms with Gasteiger partial charge in [-0.3, -0.25) is 9.36 Å². The third-order valence-electron chi connectivity index (χ3n) is 9.80. The number of aromatic nitrogens is 4. The van der Waals surface area contributed by atoms with Gasteiger partial charge in [-0.1, -0.05) is 72.8 Å². The Bertz CT molecular complexity index is 2340. The number of benzene rings is 4. The van der Waals surface area contributed by atoms with Crippen molar-refractivity contribution in [3.05, 3.63) is 144 Å². The van der Waals surface area contributed by atoms with Crippen LogP contribution in [0.1, 0.15) is 52.5 Å². The van der Waals surface area contributed by atoms with Crippen LogP contribution >= 0.6 is 8.60 Å². The van der Waals surface area contributed by atoms with Crippen molar-refractivity contribution in [1.82, 2.24) is 19.5 Å². The molecule has 1 aliphatic heterocycles. The number of fused-ring (bicyclic) bond motifs is 1. The van der Waals surface area contributed by atoms with Gasteiger partial charge >= 0.3 is 8.60 Å². The van der Waals surface area contributed by atoms with Crippen molar-refractivity contribution in [2.75, 3.05) is 39.4 Å². The van der Waals surface area contributed by atoms with Crippen molar-refractivity contribution in [3.8, 4) is 23.6 Å². The van der Waals surface area contributed by atoms with Crippen molar-refractivity contribution < 1.29 is 37.3 Å². The minimum absolute atomic E-state index is 0.00762. The number of anilines is 1. The maximum absolute atomic E-state index is 13.1. The Labute approximate surface area is 348 Å². The molecule has 1 aliphatic rings. The second-order valence-electron chi connectivity index (χ2n) is 13.4. The number of nitrogens with zero attached hydrogens (tertiary/aromatic N) is 6. The van der Waals surface area contributed by atoms with Crippen molar-refractivity contribution in [2.45, 2.75) is 43.3 Å². The van der Waals surface area contributed by atoms with E-state index in [2.05, 4.69) is 32.4 Å². The summed E-state index contributed by atoms with van der Waals surface area (Å²) in [4.78, 5) is 26.5. The summed E-state index contributed by atoms with van der Waals surface area (Å²) in [6, 6.07) is 38.3. The lowest BCUT2D eigenvalue weighted by Gasteiger charge is -2.37. The molecular formula is C44H42N7O8P. The first kappa shape index (κ1) is 41.9. The zero-order valence-electron chi connectivity index (χ0n) is 32.9. The van der Waals surface area contributed by atoms with E-state index in [9.17, 15) is 15.3 Å². The molecule has 0 aliphatic carbocycles. The molecule has 6 aromatic rings. The van der Waals surface area contributed by atoms with Crippen molar-refractivity contribution in [1.29, 1.82) is 10.5 Å². The molecule has 3 atom stereocenters. The molecular weight excluding hydrogens is 785 g/mol. The van der Waals surface area contributed by atoms with E-state index in [0.717, 1.165) is 16.7 Å². The summed E-state index contributed by atoms with van der Waals surface area (Å²) in [6.45, 7) is 0.146. The molecule has 16 heteroatoms. The first-order chi connectivity index (χ1) is 29.5. The van der Waals surface area contributed by atoms with E-state index in [1.807, 2.05) is 84.9 Å². The van der Waals surface area contributed by atoms with E-state index in [0.29, 0.717) is 28.2 Å². The van der Waals surface area contributed by atoms with Gasteiger partial charge in [0.05, 0.1) is 71.5 Å². The van der Waals surface area contributed by atoms with Crippen LogP contribution in [0, 0.1) is 22.7 Å². The molecule has 60 heavy (non-hydrogen) atoms. The average Bonchev–Trinajstić information content (AvgIpc) is 3.92. The van der Waals surface area contributed by atoms with E-state index in [1.54, 1.807) is 49.4 Å². The number of rotatable bonds is 19. The number of nitriles is 2. The lowest BCUT2D eigenvalue weighted by Crippen LogP contribution is -2.38. The summed E-state index contributed by atoms with van der Waals surface area (Å²) in [6.07, 6.45) is 1.37. The Kier molecular flexibility index (Phi) is 14.0. The molecule has 0 radical (unpaired) electrons. The summed E-state index contributed by atoms with van der Waals surface area (Å²) in [5.41, 5.74) is 2.61. The monoisotopic (exact) mass is 827 g/mol. The lowest BCUT2D eigenvalue weighted by atomic mass is 9.80. The second-order valence-corrected chi connectivity index (χ2v) is 14.6. The fourth-order valence-electron chi connectivity index (χ4n) is 6.88. The van der Waals surface area contributed by atoms with Crippen LogP contribution in [0.2, 0.25) is 0 Å². The second kappa shape index (κ2) is 20.1. The van der Waals surface area contributed by atoms with Gasteiger partial charge in [-0.05, 0) is 53.1 Å². The minimum Gasteiger partial charge on any atom is -0.497 e. The Morgan fingerprint density at radius 2 is 1.40 bits per heavy atom. The number of amides is 1. The molecule has 0 bridgehead atoms. The summed E-state index contributed by atoms with van der Waals surface area (Å²) >= 11 is 0. The highest BCUT2D eigenvalue weighted by Crippen LogP contribution is 2.48. The van der Waals surface area contributed by atoms with Crippen LogP contribution in [0.15, 0.2) is 122 Å². The molecule has 15 nitrogen and oxygen atoms in total. The Balaban J connectivity index is 1.25. The van der Waals surface area contributed by atoms with Gasteiger partial charge in [0.15, 0.2) is 17.0 Å². The van der Waals surface area contributed by atoms with Crippen molar-refractivity contribution in [3.63, 3.8) is 0 Å². The van der Waals surface area contributed by atoms with Crippen LogP contribution in [0.3, 0.4) is 0 Å². The van der Waals surface area contributed by atoms with Crippen LogP contribution in [0.4, 0.5) is 5.82 Å². The van der Waals surface area contributed by atoms with Crippen molar-refractivity contribution >= 4 is 31.5 Å². The van der Waals surface area contributed by atoms with Crippen LogP contribution in [0.25, 0.3) is 11.2 Å². The highest BCUT2D eigenvalue weighted by Gasteiger charge is 2.44. The van der Waals surface area contributed by atoms with Crippen LogP contribution in [-0.2, 0) is 28.6 Å². The lowest BCUT2D eigenvalue weighted by molar-refractivity contribution is -0.0916. The van der Waals surface area contributed by atoms with Gasteiger partial charge in [-0.2, -0.15) is 10.5 Å². The molecule has 0 unspecified atom stereocenters. The molecule has 1 fully saturated rings. The van der Waals surface area contributed by atoms with E-state index >= 15 is 0 Å². The van der Waals surface area contributed by atoms with Crippen LogP contribution in [-0.4, -0.2) is 71.7 Å². The molecule has 1 amide bonds. The number of carbonyl (C=O) groups is 1. The summed E-state index contributed by atoms with van der Waals surface area (Å²) in [5, 5.41) is 21.3. The van der Waals surface area contributed by atoms with Gasteiger partial charge in [0, 0.05) is 12.0 Å². The minimum atomic E-state index is -2.02. The van der Waals surface area contributed by atoms with E-state index < -0.39 is 32.6 Å². The maximum atomic E-state index is 13.1. The quantitative estimate of drug-likeness (QED) is 0.0473. The Hall–Kier alpha value is -6.29. The largest absolute Gasteiger partial charge is 0.497 e. The predicted octanol–water partition coefficient (Wildman–Crippen LogP) is 7.86. The van der Waals surface area contributed by atoms with E-state index in [4.69, 9.17) is 32.5 Å². The first-order valence-corrected chi connectivity index (χ1v) is 20.2. The highest BCUT2D eigenvalue weighted by molar-refractivity contribution is 7.41. The van der Waals surface area contributed by atoms with Gasteiger partial charge in [-0.15, -0.1) is 0 Å². The molecule has 7 rings (SSSR count). The summed E-state index contributed by atoms with van der Waals surface area (Å²) < 4.78 is 45.3. The SMILES string of the molecule is COc1ccc(C(OC[C@H]2O[C@@H](n3cnc4c(NC(=O)c5ccccc5)ncnc43)C[C@@H]2OP(OCCC#N)OCCC#N)(c2ccccc2)c2ccc(OC)cc2)cc1. The number of hydrogen-bond acceptors (Lipinski definition) is 13. The topological polar surface area (TPSA) is 185 Å². The van der Waals surface area contributed by atoms with Crippen LogP contribution < -0.4 is 14.8 Å². The molecule has 4 aromatic carbocycles. The predicted molar refractivity (Wildman–Crippen MR) is 221 cm³/mol. The van der Waals surface area contributed by atoms with Gasteiger partial charge in [0.2, 0.25) is 0 Å². The van der Waals surface area contributed by atoms with Gasteiger partial charge < -0.3 is 37.8 Å². The zero-order chi connectivity index (χ0) is 41.7. The smallest absolute Gasteiger partial charge is 0.333 e. The third-order valence-corrected chi connectivity index (χ3v) is 11.0. The maximum Gasteiger partial charge on any atom is 0.333 e. The zero-order valence-corrected chi connectivity index (χ0v) is 33.8. The average molecular weight is 828 g/mol. The Morgan fingerprint density at radius 3 is 1.98 bits per heavy atom. The summed E-state index contributed by atoms with van der Waals surface area (Å²) in [7, 11) is 1.22.